The van der Waals surface area contributed by atoms with Crippen molar-refractivity contribution in [2.45, 2.75) is 19.6 Å². The van der Waals surface area contributed by atoms with Gasteiger partial charge in [-0.1, -0.05) is 6.58 Å². The van der Waals surface area contributed by atoms with Crippen LogP contribution >= 0.6 is 0 Å². The minimum atomic E-state index is -0.595. The molecule has 1 fully saturated rings. The summed E-state index contributed by atoms with van der Waals surface area (Å²) in [5, 5.41) is 11.0. The fourth-order valence-corrected chi connectivity index (χ4v) is 1.57. The van der Waals surface area contributed by atoms with Gasteiger partial charge in [-0.15, -0.1) is 0 Å². The third kappa shape index (κ3) is 4.28. The molecule has 1 aliphatic heterocycles. The number of hydrogen-bond donors (Lipinski definition) is 0. The first-order valence-electron chi connectivity index (χ1n) is 6.31. The number of rotatable bonds is 7. The standard InChI is InChI=1S/C14H15NO6/c1-9(2)14(16)21-6-10-5-11(19-7-12-8-20-12)3-4-13(10)15(17)18/h3-5,12H,1,6-8H2,2H3. The number of esters is 1. The fraction of sp³-hybridized carbons (Fsp3) is 0.357. The van der Waals surface area contributed by atoms with Crippen LogP contribution in [-0.4, -0.2) is 30.2 Å². The maximum atomic E-state index is 11.4. The molecule has 0 N–H and O–H groups in total. The van der Waals surface area contributed by atoms with E-state index >= 15 is 0 Å². The van der Waals surface area contributed by atoms with Gasteiger partial charge >= 0.3 is 5.97 Å². The highest BCUT2D eigenvalue weighted by molar-refractivity contribution is 5.86. The molecule has 0 saturated carbocycles. The second kappa shape index (κ2) is 6.36. The van der Waals surface area contributed by atoms with Gasteiger partial charge in [0.05, 0.1) is 17.1 Å². The molecular formula is C14H15NO6. The molecule has 1 atom stereocenters. The van der Waals surface area contributed by atoms with Crippen LogP contribution in [0.15, 0.2) is 30.4 Å². The van der Waals surface area contributed by atoms with E-state index < -0.39 is 10.9 Å². The van der Waals surface area contributed by atoms with E-state index in [0.717, 1.165) is 0 Å². The van der Waals surface area contributed by atoms with E-state index in [4.69, 9.17) is 14.2 Å². The van der Waals surface area contributed by atoms with Crippen LogP contribution in [0.25, 0.3) is 0 Å². The number of nitro benzene ring substituents is 1. The molecule has 1 heterocycles. The fourth-order valence-electron chi connectivity index (χ4n) is 1.57. The number of ether oxygens (including phenoxy) is 3. The SMILES string of the molecule is C=C(C)C(=O)OCc1cc(OCC2CO2)ccc1[N+](=O)[O-]. The Morgan fingerprint density at radius 3 is 2.86 bits per heavy atom. The van der Waals surface area contributed by atoms with Gasteiger partial charge in [-0.25, -0.2) is 4.79 Å². The molecule has 0 radical (unpaired) electrons. The van der Waals surface area contributed by atoms with Crippen LogP contribution in [-0.2, 0) is 20.9 Å². The van der Waals surface area contributed by atoms with Crippen molar-refractivity contribution in [3.8, 4) is 5.75 Å². The second-order valence-electron chi connectivity index (χ2n) is 4.67. The summed E-state index contributed by atoms with van der Waals surface area (Å²) in [7, 11) is 0. The molecule has 0 amide bonds. The van der Waals surface area contributed by atoms with Crippen molar-refractivity contribution < 1.29 is 23.9 Å². The zero-order valence-corrected chi connectivity index (χ0v) is 11.5. The lowest BCUT2D eigenvalue weighted by Crippen LogP contribution is -2.08. The molecule has 7 heteroatoms. The molecule has 1 aromatic rings. The van der Waals surface area contributed by atoms with Crippen molar-refractivity contribution in [3.05, 3.63) is 46.0 Å². The van der Waals surface area contributed by atoms with Crippen molar-refractivity contribution in [2.75, 3.05) is 13.2 Å². The summed E-state index contributed by atoms with van der Waals surface area (Å²) in [5.41, 5.74) is 0.374. The first-order chi connectivity index (χ1) is 9.97. The third-order valence-electron chi connectivity index (χ3n) is 2.79. The Labute approximate surface area is 121 Å². The molecule has 0 aromatic heterocycles. The van der Waals surface area contributed by atoms with Crippen molar-refractivity contribution in [2.24, 2.45) is 0 Å². The van der Waals surface area contributed by atoms with Gasteiger partial charge in [-0.3, -0.25) is 10.1 Å². The van der Waals surface area contributed by atoms with Gasteiger partial charge in [-0.05, 0) is 19.1 Å². The average molecular weight is 293 g/mol. The highest BCUT2D eigenvalue weighted by Gasteiger charge is 2.23. The summed E-state index contributed by atoms with van der Waals surface area (Å²) in [4.78, 5) is 21.8. The summed E-state index contributed by atoms with van der Waals surface area (Å²) in [6.45, 7) is 5.80. The lowest BCUT2D eigenvalue weighted by atomic mass is 10.2. The Bertz CT molecular complexity index is 579. The lowest BCUT2D eigenvalue weighted by Gasteiger charge is -2.08. The molecule has 21 heavy (non-hydrogen) atoms. The van der Waals surface area contributed by atoms with Crippen LogP contribution in [0.1, 0.15) is 12.5 Å². The van der Waals surface area contributed by atoms with Gasteiger partial charge in [0.1, 0.15) is 25.1 Å². The second-order valence-corrected chi connectivity index (χ2v) is 4.67. The van der Waals surface area contributed by atoms with Gasteiger partial charge in [0.2, 0.25) is 0 Å². The molecule has 0 aliphatic carbocycles. The van der Waals surface area contributed by atoms with Crippen LogP contribution in [0.3, 0.4) is 0 Å². The van der Waals surface area contributed by atoms with Crippen LogP contribution in [0.5, 0.6) is 5.75 Å². The molecule has 1 aromatic carbocycles. The van der Waals surface area contributed by atoms with Gasteiger partial charge in [0.25, 0.3) is 5.69 Å². The monoisotopic (exact) mass is 293 g/mol. The molecule has 7 nitrogen and oxygen atoms in total. The van der Waals surface area contributed by atoms with Gasteiger partial charge in [0.15, 0.2) is 0 Å². The average Bonchev–Trinajstić information content (AvgIpc) is 3.26. The van der Waals surface area contributed by atoms with E-state index in [2.05, 4.69) is 6.58 Å². The van der Waals surface area contributed by atoms with E-state index in [0.29, 0.717) is 19.0 Å². The largest absolute Gasteiger partial charge is 0.491 e. The molecule has 2 rings (SSSR count). The molecule has 1 unspecified atom stereocenters. The molecular weight excluding hydrogens is 278 g/mol. The summed E-state index contributed by atoms with van der Waals surface area (Å²) in [6.07, 6.45) is 0.0879. The molecule has 1 aliphatic rings. The van der Waals surface area contributed by atoms with Crippen molar-refractivity contribution in [3.63, 3.8) is 0 Å². The van der Waals surface area contributed by atoms with E-state index in [-0.39, 0.29) is 29.5 Å². The predicted octanol–water partition coefficient (Wildman–Crippen LogP) is 1.99. The maximum Gasteiger partial charge on any atom is 0.333 e. The quantitative estimate of drug-likeness (QED) is 0.251. The number of carbonyl (C=O) groups is 1. The van der Waals surface area contributed by atoms with Gasteiger partial charge in [-0.2, -0.15) is 0 Å². The van der Waals surface area contributed by atoms with Gasteiger partial charge < -0.3 is 14.2 Å². The molecule has 112 valence electrons. The number of nitro groups is 1. The summed E-state index contributed by atoms with van der Waals surface area (Å²) in [6, 6.07) is 4.32. The molecule has 0 spiro atoms. The van der Waals surface area contributed by atoms with Crippen LogP contribution in [0.4, 0.5) is 5.69 Å². The first kappa shape index (κ1) is 15.0. The van der Waals surface area contributed by atoms with Crippen LogP contribution < -0.4 is 4.74 Å². The van der Waals surface area contributed by atoms with Crippen molar-refractivity contribution in [1.29, 1.82) is 0 Å². The van der Waals surface area contributed by atoms with E-state index in [1.165, 1.54) is 25.1 Å². The van der Waals surface area contributed by atoms with Crippen LogP contribution in [0.2, 0.25) is 0 Å². The minimum Gasteiger partial charge on any atom is -0.491 e. The Kier molecular flexibility index (Phi) is 4.54. The Morgan fingerprint density at radius 2 is 2.29 bits per heavy atom. The Balaban J connectivity index is 2.09. The van der Waals surface area contributed by atoms with Gasteiger partial charge in [0, 0.05) is 11.6 Å². The van der Waals surface area contributed by atoms with Crippen molar-refractivity contribution in [1.82, 2.24) is 0 Å². The zero-order valence-electron chi connectivity index (χ0n) is 11.5. The van der Waals surface area contributed by atoms with E-state index in [9.17, 15) is 14.9 Å². The number of nitrogens with zero attached hydrogens (tertiary/aromatic N) is 1. The highest BCUT2D eigenvalue weighted by Crippen LogP contribution is 2.26. The smallest absolute Gasteiger partial charge is 0.333 e. The molecule has 0 bridgehead atoms. The number of epoxide rings is 1. The maximum absolute atomic E-state index is 11.4. The summed E-state index contributed by atoms with van der Waals surface area (Å²) in [5.74, 6) is -0.125. The lowest BCUT2D eigenvalue weighted by molar-refractivity contribution is -0.385. The van der Waals surface area contributed by atoms with Crippen LogP contribution in [0, 0.1) is 10.1 Å². The first-order valence-corrected chi connectivity index (χ1v) is 6.31. The Morgan fingerprint density at radius 1 is 1.57 bits per heavy atom. The summed E-state index contributed by atoms with van der Waals surface area (Å²) < 4.78 is 15.4. The number of hydrogen-bond acceptors (Lipinski definition) is 6. The highest BCUT2D eigenvalue weighted by atomic mass is 16.6. The third-order valence-corrected chi connectivity index (χ3v) is 2.79. The van der Waals surface area contributed by atoms with Crippen molar-refractivity contribution >= 4 is 11.7 Å². The normalized spacial score (nSPS) is 16.1. The van der Waals surface area contributed by atoms with E-state index in [1.54, 1.807) is 0 Å². The van der Waals surface area contributed by atoms with E-state index in [1.807, 2.05) is 0 Å². The number of benzene rings is 1. The topological polar surface area (TPSA) is 91.2 Å². The Hall–Kier alpha value is -2.41. The molecule has 1 saturated heterocycles. The summed E-state index contributed by atoms with van der Waals surface area (Å²) >= 11 is 0. The predicted molar refractivity (Wildman–Crippen MR) is 72.9 cm³/mol. The zero-order chi connectivity index (χ0) is 15.4. The minimum absolute atomic E-state index is 0.0879. The number of carbonyl (C=O) groups excluding carboxylic acids is 1.